The van der Waals surface area contributed by atoms with Gasteiger partial charge in [0.2, 0.25) is 0 Å². The highest BCUT2D eigenvalue weighted by Crippen LogP contribution is 2.32. The lowest BCUT2D eigenvalue weighted by Crippen LogP contribution is -2.16. The maximum Gasteiger partial charge on any atom is 0.417 e. The van der Waals surface area contributed by atoms with Gasteiger partial charge in [-0.25, -0.2) is 4.79 Å². The van der Waals surface area contributed by atoms with Crippen molar-refractivity contribution in [2.24, 2.45) is 0 Å². The molecular formula is C9H9F4NO2S. The minimum Gasteiger partial charge on any atom is -0.464 e. The number of benzene rings is 1. The van der Waals surface area contributed by atoms with Gasteiger partial charge in [-0.2, -0.15) is 13.2 Å². The van der Waals surface area contributed by atoms with Crippen LogP contribution < -0.4 is 0 Å². The summed E-state index contributed by atoms with van der Waals surface area (Å²) in [7, 11) is 1.26. The number of alkyl halides is 3. The second-order valence-electron chi connectivity index (χ2n) is 2.90. The number of halogens is 4. The Morgan fingerprint density at radius 1 is 1.41 bits per heavy atom. The summed E-state index contributed by atoms with van der Waals surface area (Å²) in [5.74, 6) is 0. The van der Waals surface area contributed by atoms with E-state index in [1.165, 1.54) is 19.2 Å². The summed E-state index contributed by atoms with van der Waals surface area (Å²) in [6, 6.07) is 4.50. The molecule has 0 atom stereocenters. The van der Waals surface area contributed by atoms with Crippen LogP contribution in [-0.4, -0.2) is 22.6 Å². The molecule has 0 bridgehead atoms. The first-order valence-electron chi connectivity index (χ1n) is 4.12. The number of hydrogen-bond donors (Lipinski definition) is 1. The Bertz CT molecular complexity index is 397. The lowest BCUT2D eigenvalue weighted by Gasteiger charge is -2.12. The number of amides is 1. The molecule has 1 rings (SSSR count). The third-order valence-electron chi connectivity index (χ3n) is 1.67. The fourth-order valence-corrected chi connectivity index (χ4v) is 1.64. The predicted octanol–water partition coefficient (Wildman–Crippen LogP) is 3.47. The molecule has 96 valence electrons. The number of rotatable bonds is 2. The molecule has 1 amide bonds. The van der Waals surface area contributed by atoms with Crippen LogP contribution in [0.15, 0.2) is 29.2 Å². The normalized spacial score (nSPS) is 10.6. The number of carboxylic acid groups (broad SMARTS) is 1. The van der Waals surface area contributed by atoms with Gasteiger partial charge < -0.3 is 5.11 Å². The van der Waals surface area contributed by atoms with Gasteiger partial charge in [0.05, 0.1) is 5.56 Å². The van der Waals surface area contributed by atoms with Crippen LogP contribution in [-0.2, 0) is 6.18 Å². The first-order chi connectivity index (χ1) is 7.30. The molecule has 0 aliphatic carbocycles. The van der Waals surface area contributed by atoms with Crippen LogP contribution in [0, 0.1) is 0 Å². The number of nitrogens with zero attached hydrogens (tertiary/aromatic N) is 1. The highest BCUT2D eigenvalue weighted by atomic mass is 32.2. The van der Waals surface area contributed by atoms with E-state index in [1.807, 2.05) is 0 Å². The van der Waals surface area contributed by atoms with Crippen LogP contribution in [0.1, 0.15) is 5.56 Å². The third-order valence-corrected chi connectivity index (χ3v) is 2.57. The van der Waals surface area contributed by atoms with Crippen LogP contribution >= 0.6 is 11.9 Å². The summed E-state index contributed by atoms with van der Waals surface area (Å²) in [4.78, 5) is 10.7. The average Bonchev–Trinajstić information content (AvgIpc) is 2.16. The van der Waals surface area contributed by atoms with Crippen molar-refractivity contribution in [3.8, 4) is 0 Å². The Balaban J connectivity index is 0.00000256. The van der Waals surface area contributed by atoms with E-state index in [0.717, 1.165) is 16.4 Å². The fraction of sp³-hybridized carbons (Fsp3) is 0.222. The minimum atomic E-state index is -4.42. The van der Waals surface area contributed by atoms with Crippen LogP contribution in [0.2, 0.25) is 0 Å². The quantitative estimate of drug-likeness (QED) is 0.661. The standard InChI is InChI=1S/C9H8F3NO2S.FH/c1-13(8(14)15)16-7-4-2-3-6(5-7)9(10,11)12;/h2-5H,1H3,(H,14,15);1H. The van der Waals surface area contributed by atoms with Crippen molar-refractivity contribution in [3.63, 3.8) is 0 Å². The van der Waals surface area contributed by atoms with E-state index < -0.39 is 17.8 Å². The van der Waals surface area contributed by atoms with E-state index >= 15 is 0 Å². The highest BCUT2D eigenvalue weighted by molar-refractivity contribution is 7.97. The van der Waals surface area contributed by atoms with Crippen LogP contribution in [0.3, 0.4) is 0 Å². The highest BCUT2D eigenvalue weighted by Gasteiger charge is 2.30. The predicted molar refractivity (Wildman–Crippen MR) is 55.6 cm³/mol. The molecule has 0 saturated carbocycles. The van der Waals surface area contributed by atoms with Gasteiger partial charge in [-0.05, 0) is 30.1 Å². The van der Waals surface area contributed by atoms with E-state index in [0.29, 0.717) is 11.9 Å². The molecule has 0 aliphatic heterocycles. The van der Waals surface area contributed by atoms with Gasteiger partial charge in [-0.3, -0.25) is 9.01 Å². The summed E-state index contributed by atoms with van der Waals surface area (Å²) >= 11 is 0.716. The average molecular weight is 271 g/mol. The van der Waals surface area contributed by atoms with Crippen molar-refractivity contribution in [2.45, 2.75) is 11.1 Å². The maximum atomic E-state index is 12.3. The SMILES string of the molecule is CN(Sc1cccc(C(F)(F)F)c1)C(=O)O.F. The minimum absolute atomic E-state index is 0. The van der Waals surface area contributed by atoms with Gasteiger partial charge in [0, 0.05) is 11.9 Å². The molecular weight excluding hydrogens is 262 g/mol. The molecule has 1 N–H and O–H groups in total. The zero-order valence-electron chi connectivity index (χ0n) is 8.56. The Labute approximate surface area is 98.7 Å². The van der Waals surface area contributed by atoms with Gasteiger partial charge in [0.15, 0.2) is 0 Å². The summed E-state index contributed by atoms with van der Waals surface area (Å²) in [5.41, 5.74) is -0.795. The molecule has 1 aromatic rings. The third kappa shape index (κ3) is 4.51. The number of hydrogen-bond acceptors (Lipinski definition) is 2. The first kappa shape index (κ1) is 15.6. The first-order valence-corrected chi connectivity index (χ1v) is 4.90. The van der Waals surface area contributed by atoms with E-state index in [-0.39, 0.29) is 9.60 Å². The zero-order valence-corrected chi connectivity index (χ0v) is 9.38. The summed E-state index contributed by atoms with van der Waals surface area (Å²) in [6.07, 6.45) is -5.64. The second kappa shape index (κ2) is 5.76. The Kier molecular flexibility index (Phi) is 5.27. The largest absolute Gasteiger partial charge is 0.464 e. The Hall–Kier alpha value is -1.44. The zero-order chi connectivity index (χ0) is 12.3. The van der Waals surface area contributed by atoms with Crippen molar-refractivity contribution in [3.05, 3.63) is 29.8 Å². The van der Waals surface area contributed by atoms with Gasteiger partial charge in [0.25, 0.3) is 0 Å². The van der Waals surface area contributed by atoms with Crippen LogP contribution in [0.4, 0.5) is 22.7 Å². The Morgan fingerprint density at radius 3 is 2.47 bits per heavy atom. The number of carbonyl (C=O) groups is 1. The van der Waals surface area contributed by atoms with E-state index in [4.69, 9.17) is 5.11 Å². The lowest BCUT2D eigenvalue weighted by atomic mass is 10.2. The molecule has 0 spiro atoms. The van der Waals surface area contributed by atoms with Gasteiger partial charge in [-0.15, -0.1) is 0 Å². The molecule has 8 heteroatoms. The molecule has 0 fully saturated rings. The molecule has 1 aromatic carbocycles. The van der Waals surface area contributed by atoms with Crippen molar-refractivity contribution < 1.29 is 27.8 Å². The van der Waals surface area contributed by atoms with Crippen molar-refractivity contribution in [2.75, 3.05) is 7.05 Å². The summed E-state index contributed by atoms with van der Waals surface area (Å²) in [5, 5.41) is 8.56. The molecule has 0 saturated heterocycles. The molecule has 0 aliphatic rings. The van der Waals surface area contributed by atoms with Crippen LogP contribution in [0.5, 0.6) is 0 Å². The van der Waals surface area contributed by atoms with Crippen molar-refractivity contribution >= 4 is 18.0 Å². The second-order valence-corrected chi connectivity index (χ2v) is 4.10. The molecule has 0 heterocycles. The lowest BCUT2D eigenvalue weighted by molar-refractivity contribution is -0.137. The fourth-order valence-electron chi connectivity index (χ4n) is 0.926. The maximum absolute atomic E-state index is 12.3. The molecule has 0 aromatic heterocycles. The monoisotopic (exact) mass is 271 g/mol. The molecule has 0 unspecified atom stereocenters. The van der Waals surface area contributed by atoms with Gasteiger partial charge in [0.1, 0.15) is 0 Å². The Morgan fingerprint density at radius 2 is 2.00 bits per heavy atom. The van der Waals surface area contributed by atoms with Crippen molar-refractivity contribution in [1.29, 1.82) is 0 Å². The summed E-state index contributed by atoms with van der Waals surface area (Å²) < 4.78 is 37.8. The van der Waals surface area contributed by atoms with E-state index in [9.17, 15) is 18.0 Å². The van der Waals surface area contributed by atoms with Crippen molar-refractivity contribution in [1.82, 2.24) is 4.31 Å². The van der Waals surface area contributed by atoms with E-state index in [2.05, 4.69) is 0 Å². The molecule has 0 radical (unpaired) electrons. The molecule has 17 heavy (non-hydrogen) atoms. The smallest absolute Gasteiger partial charge is 0.417 e. The molecule has 3 nitrogen and oxygen atoms in total. The topological polar surface area (TPSA) is 40.5 Å². The van der Waals surface area contributed by atoms with Crippen LogP contribution in [0.25, 0.3) is 0 Å². The van der Waals surface area contributed by atoms with E-state index in [1.54, 1.807) is 0 Å². The van der Waals surface area contributed by atoms with Gasteiger partial charge in [-0.1, -0.05) is 6.07 Å². The van der Waals surface area contributed by atoms with Gasteiger partial charge >= 0.3 is 12.3 Å². The summed E-state index contributed by atoms with van der Waals surface area (Å²) in [6.45, 7) is 0.